The molecule has 0 amide bonds. The van der Waals surface area contributed by atoms with E-state index in [0.29, 0.717) is 11.5 Å². The summed E-state index contributed by atoms with van der Waals surface area (Å²) in [6.45, 7) is 4.50. The van der Waals surface area contributed by atoms with Crippen LogP contribution in [0.3, 0.4) is 0 Å². The Morgan fingerprint density at radius 3 is 2.75 bits per heavy atom. The van der Waals surface area contributed by atoms with Gasteiger partial charge in [0.25, 0.3) is 5.56 Å². The molecule has 6 heteroatoms. The number of nitrogens with zero attached hydrogens (tertiary/aromatic N) is 3. The molecule has 0 aliphatic heterocycles. The van der Waals surface area contributed by atoms with E-state index in [9.17, 15) is 9.90 Å². The highest BCUT2D eigenvalue weighted by Gasteiger charge is 2.18. The maximum absolute atomic E-state index is 12.4. The number of thiazole rings is 1. The van der Waals surface area contributed by atoms with Gasteiger partial charge in [-0.15, -0.1) is 11.3 Å². The number of aliphatic hydroxyl groups excluding tert-OH is 1. The molecule has 1 N–H and O–H groups in total. The van der Waals surface area contributed by atoms with Crippen molar-refractivity contribution in [3.8, 4) is 0 Å². The topological polar surface area (TPSA) is 57.8 Å². The molecular formula is C18H21N3O2S. The highest BCUT2D eigenvalue weighted by molar-refractivity contribution is 7.15. The maximum Gasteiger partial charge on any atom is 0.259 e. The summed E-state index contributed by atoms with van der Waals surface area (Å²) in [5.74, 6) is 0. The Labute approximate surface area is 144 Å². The van der Waals surface area contributed by atoms with Crippen LogP contribution in [0.1, 0.15) is 24.7 Å². The zero-order chi connectivity index (χ0) is 17.1. The van der Waals surface area contributed by atoms with Crippen LogP contribution < -0.4 is 10.5 Å². The number of aryl methyl sites for hydroxylation is 1. The Kier molecular flexibility index (Phi) is 4.97. The summed E-state index contributed by atoms with van der Waals surface area (Å²) in [5, 5.41) is 11.7. The Balaban J connectivity index is 2.00. The quantitative estimate of drug-likeness (QED) is 0.748. The van der Waals surface area contributed by atoms with Crippen molar-refractivity contribution in [2.24, 2.45) is 0 Å². The number of hydrogen-bond acceptors (Lipinski definition) is 5. The minimum Gasteiger partial charge on any atom is -0.394 e. The second-order valence-corrected chi connectivity index (χ2v) is 6.63. The van der Waals surface area contributed by atoms with Gasteiger partial charge in [-0.2, -0.15) is 0 Å². The highest BCUT2D eigenvalue weighted by Crippen LogP contribution is 2.21. The van der Waals surface area contributed by atoms with Crippen molar-refractivity contribution in [2.75, 3.05) is 11.5 Å². The van der Waals surface area contributed by atoms with Gasteiger partial charge < -0.3 is 10.0 Å². The smallest absolute Gasteiger partial charge is 0.259 e. The van der Waals surface area contributed by atoms with Gasteiger partial charge in [-0.25, -0.2) is 4.98 Å². The predicted octanol–water partition coefficient (Wildman–Crippen LogP) is 2.84. The van der Waals surface area contributed by atoms with E-state index < -0.39 is 0 Å². The fourth-order valence-electron chi connectivity index (χ4n) is 2.86. The normalized spacial score (nSPS) is 12.5. The average molecular weight is 343 g/mol. The van der Waals surface area contributed by atoms with E-state index in [1.807, 2.05) is 49.6 Å². The average Bonchev–Trinajstić information content (AvgIpc) is 2.97. The molecular weight excluding hydrogens is 322 g/mol. The van der Waals surface area contributed by atoms with Gasteiger partial charge >= 0.3 is 0 Å². The molecule has 2 aromatic heterocycles. The first kappa shape index (κ1) is 16.7. The minimum atomic E-state index is -0.0567. The van der Waals surface area contributed by atoms with E-state index in [-0.39, 0.29) is 18.2 Å². The first-order valence-electron chi connectivity index (χ1n) is 8.03. The maximum atomic E-state index is 12.4. The number of benzene rings is 1. The molecule has 0 fully saturated rings. The van der Waals surface area contributed by atoms with E-state index in [0.717, 1.165) is 23.5 Å². The summed E-state index contributed by atoms with van der Waals surface area (Å²) >= 11 is 1.47. The van der Waals surface area contributed by atoms with Gasteiger partial charge in [0.15, 0.2) is 4.96 Å². The third-order valence-corrected chi connectivity index (χ3v) is 5.12. The molecule has 0 bridgehead atoms. The summed E-state index contributed by atoms with van der Waals surface area (Å²) in [6, 6.07) is 11.5. The fraction of sp³-hybridized carbons (Fsp3) is 0.333. The molecule has 5 nitrogen and oxygen atoms in total. The highest BCUT2D eigenvalue weighted by atomic mass is 32.1. The van der Waals surface area contributed by atoms with Gasteiger partial charge in [-0.05, 0) is 25.5 Å². The third-order valence-electron chi connectivity index (χ3n) is 4.17. The summed E-state index contributed by atoms with van der Waals surface area (Å²) in [5.41, 5.74) is 2.58. The van der Waals surface area contributed by atoms with Crippen LogP contribution in [-0.4, -0.2) is 27.1 Å². The first-order chi connectivity index (χ1) is 11.6. The lowest BCUT2D eigenvalue weighted by molar-refractivity contribution is 0.255. The van der Waals surface area contributed by atoms with Crippen molar-refractivity contribution in [3.63, 3.8) is 0 Å². The Hall–Kier alpha value is -2.18. The van der Waals surface area contributed by atoms with Gasteiger partial charge in [0, 0.05) is 22.8 Å². The summed E-state index contributed by atoms with van der Waals surface area (Å²) < 4.78 is 1.63. The van der Waals surface area contributed by atoms with Crippen LogP contribution in [-0.2, 0) is 6.54 Å². The molecule has 1 unspecified atom stereocenters. The molecule has 2 heterocycles. The lowest BCUT2D eigenvalue weighted by atomic mass is 10.1. The van der Waals surface area contributed by atoms with Gasteiger partial charge in [0.05, 0.1) is 24.9 Å². The fourth-order valence-corrected chi connectivity index (χ4v) is 3.75. The number of aliphatic hydroxyl groups is 1. The standard InChI is InChI=1S/C18H21N3O2S/c1-3-15(11-22)20(16-7-5-4-6-8-16)10-14-9-17(23)21-13(2)12-24-18(21)19-14/h4-9,12,15,22H,3,10-11H2,1-2H3. The van der Waals surface area contributed by atoms with Crippen LogP contribution in [0.15, 0.2) is 46.6 Å². The molecule has 1 atom stereocenters. The number of rotatable bonds is 6. The van der Waals surface area contributed by atoms with Gasteiger partial charge in [0.2, 0.25) is 0 Å². The molecule has 24 heavy (non-hydrogen) atoms. The van der Waals surface area contributed by atoms with Crippen molar-refractivity contribution in [1.82, 2.24) is 9.38 Å². The van der Waals surface area contributed by atoms with Crippen LogP contribution in [0.4, 0.5) is 5.69 Å². The first-order valence-corrected chi connectivity index (χ1v) is 8.91. The molecule has 0 radical (unpaired) electrons. The molecule has 3 rings (SSSR count). The Morgan fingerprint density at radius 2 is 2.08 bits per heavy atom. The van der Waals surface area contributed by atoms with Gasteiger partial charge in [0.1, 0.15) is 0 Å². The predicted molar refractivity (Wildman–Crippen MR) is 97.9 cm³/mol. The van der Waals surface area contributed by atoms with Gasteiger partial charge in [-0.3, -0.25) is 9.20 Å². The lowest BCUT2D eigenvalue weighted by Gasteiger charge is -2.31. The number of anilines is 1. The van der Waals surface area contributed by atoms with Crippen molar-refractivity contribution >= 4 is 22.0 Å². The SMILES string of the molecule is CCC(CO)N(Cc1cc(=O)n2c(C)csc2n1)c1ccccc1. The summed E-state index contributed by atoms with van der Waals surface area (Å²) in [6.07, 6.45) is 0.810. The van der Waals surface area contributed by atoms with Crippen molar-refractivity contribution in [2.45, 2.75) is 32.9 Å². The zero-order valence-corrected chi connectivity index (χ0v) is 14.7. The van der Waals surface area contributed by atoms with Crippen LogP contribution in [0.5, 0.6) is 0 Å². The van der Waals surface area contributed by atoms with E-state index in [1.54, 1.807) is 10.5 Å². The van der Waals surface area contributed by atoms with Crippen LogP contribution >= 0.6 is 11.3 Å². The minimum absolute atomic E-state index is 0.0160. The van der Waals surface area contributed by atoms with Crippen LogP contribution in [0, 0.1) is 6.92 Å². The number of fused-ring (bicyclic) bond motifs is 1. The third kappa shape index (κ3) is 3.20. The zero-order valence-electron chi connectivity index (χ0n) is 13.8. The Bertz CT molecular complexity index is 869. The summed E-state index contributed by atoms with van der Waals surface area (Å²) in [7, 11) is 0. The molecule has 0 aliphatic carbocycles. The molecule has 1 aromatic carbocycles. The second-order valence-electron chi connectivity index (χ2n) is 5.79. The van der Waals surface area contributed by atoms with Crippen molar-refractivity contribution in [3.05, 3.63) is 63.5 Å². The molecule has 0 saturated carbocycles. The second kappa shape index (κ2) is 7.15. The van der Waals surface area contributed by atoms with Crippen molar-refractivity contribution in [1.29, 1.82) is 0 Å². The van der Waals surface area contributed by atoms with Crippen LogP contribution in [0.25, 0.3) is 4.96 Å². The lowest BCUT2D eigenvalue weighted by Crippen LogP contribution is -2.37. The molecule has 3 aromatic rings. The van der Waals surface area contributed by atoms with E-state index in [2.05, 4.69) is 9.88 Å². The van der Waals surface area contributed by atoms with Gasteiger partial charge in [-0.1, -0.05) is 25.1 Å². The summed E-state index contributed by atoms with van der Waals surface area (Å²) in [4.78, 5) is 19.8. The Morgan fingerprint density at radius 1 is 1.33 bits per heavy atom. The van der Waals surface area contributed by atoms with E-state index >= 15 is 0 Å². The monoisotopic (exact) mass is 343 g/mol. The van der Waals surface area contributed by atoms with Crippen LogP contribution in [0.2, 0.25) is 0 Å². The molecule has 126 valence electrons. The van der Waals surface area contributed by atoms with E-state index in [1.165, 1.54) is 11.3 Å². The largest absolute Gasteiger partial charge is 0.394 e. The molecule has 0 saturated heterocycles. The number of hydrogen-bond donors (Lipinski definition) is 1. The van der Waals surface area contributed by atoms with E-state index in [4.69, 9.17) is 0 Å². The number of para-hydroxylation sites is 1. The molecule has 0 aliphatic rings. The van der Waals surface area contributed by atoms with Crippen molar-refractivity contribution < 1.29 is 5.11 Å². The molecule has 0 spiro atoms. The number of aromatic nitrogens is 2.